The largest absolute Gasteiger partial charge is 0.496 e. The van der Waals surface area contributed by atoms with Crippen molar-refractivity contribution in [1.29, 1.82) is 0 Å². The van der Waals surface area contributed by atoms with Gasteiger partial charge in [-0.15, -0.1) is 11.3 Å². The fourth-order valence-corrected chi connectivity index (χ4v) is 4.30. The summed E-state index contributed by atoms with van der Waals surface area (Å²) in [6.45, 7) is 0.0920. The first-order valence-electron chi connectivity index (χ1n) is 8.33. The quantitative estimate of drug-likeness (QED) is 0.797. The van der Waals surface area contributed by atoms with Crippen molar-refractivity contribution in [2.45, 2.75) is 25.7 Å². The summed E-state index contributed by atoms with van der Waals surface area (Å²) in [5.41, 5.74) is 2.08. The van der Waals surface area contributed by atoms with E-state index in [-0.39, 0.29) is 12.5 Å². The van der Waals surface area contributed by atoms with Gasteiger partial charge >= 0.3 is 5.97 Å². The van der Waals surface area contributed by atoms with Crippen LogP contribution in [0.25, 0.3) is 0 Å². The van der Waals surface area contributed by atoms with Gasteiger partial charge < -0.3 is 15.2 Å². The maximum Gasteiger partial charge on any atom is 0.308 e. The van der Waals surface area contributed by atoms with Crippen molar-refractivity contribution >= 4 is 23.2 Å². The summed E-state index contributed by atoms with van der Waals surface area (Å²) in [7, 11) is 1.56. The number of carboxylic acids is 1. The maximum atomic E-state index is 12.3. The molecule has 0 aliphatic heterocycles. The van der Waals surface area contributed by atoms with Gasteiger partial charge in [0.1, 0.15) is 5.75 Å². The molecule has 1 aliphatic carbocycles. The first-order chi connectivity index (χ1) is 12.1. The summed E-state index contributed by atoms with van der Waals surface area (Å²) in [5, 5.41) is 12.3. The number of hydrogen-bond acceptors (Lipinski definition) is 4. The molecule has 1 amide bonds. The maximum absolute atomic E-state index is 12.3. The van der Waals surface area contributed by atoms with Gasteiger partial charge in [-0.05, 0) is 48.9 Å². The SMILES string of the molecule is COc1ccccc1CC(CNC(=O)c1cc2c(s1)CCC2)C(=O)O. The fourth-order valence-electron chi connectivity index (χ4n) is 3.13. The standard InChI is InChI=1S/C19H21NO4S/c1-24-15-7-3-2-5-12(15)9-14(19(22)23)11-20-18(21)17-10-13-6-4-8-16(13)25-17/h2-3,5,7,10,14H,4,6,8-9,11H2,1H3,(H,20,21)(H,22,23). The monoisotopic (exact) mass is 359 g/mol. The summed E-state index contributed by atoms with van der Waals surface area (Å²) in [4.78, 5) is 25.9. The Labute approximate surface area is 150 Å². The summed E-state index contributed by atoms with van der Waals surface area (Å²) < 4.78 is 5.28. The van der Waals surface area contributed by atoms with Crippen molar-refractivity contribution in [2.75, 3.05) is 13.7 Å². The number of carbonyl (C=O) groups excluding carboxylic acids is 1. The van der Waals surface area contributed by atoms with E-state index in [0.717, 1.165) is 24.8 Å². The number of carbonyl (C=O) groups is 2. The molecule has 0 spiro atoms. The Morgan fingerprint density at radius 1 is 1.32 bits per heavy atom. The van der Waals surface area contributed by atoms with E-state index in [1.807, 2.05) is 24.3 Å². The van der Waals surface area contributed by atoms with Crippen molar-refractivity contribution in [3.63, 3.8) is 0 Å². The second-order valence-corrected chi connectivity index (χ2v) is 7.31. The van der Waals surface area contributed by atoms with Gasteiger partial charge in [-0.3, -0.25) is 9.59 Å². The lowest BCUT2D eigenvalue weighted by Crippen LogP contribution is -2.33. The highest BCUT2D eigenvalue weighted by Gasteiger charge is 2.23. The predicted molar refractivity (Wildman–Crippen MR) is 96.5 cm³/mol. The number of methoxy groups -OCH3 is 1. The van der Waals surface area contributed by atoms with Crippen molar-refractivity contribution in [3.8, 4) is 5.75 Å². The molecule has 2 aromatic rings. The van der Waals surface area contributed by atoms with E-state index in [9.17, 15) is 14.7 Å². The van der Waals surface area contributed by atoms with Crippen LogP contribution >= 0.6 is 11.3 Å². The average Bonchev–Trinajstić information content (AvgIpc) is 3.20. The van der Waals surface area contributed by atoms with Crippen LogP contribution in [-0.4, -0.2) is 30.6 Å². The minimum absolute atomic E-state index is 0.0920. The average molecular weight is 359 g/mol. The molecule has 0 bridgehead atoms. The number of aryl methyl sites for hydroxylation is 2. The zero-order valence-corrected chi connectivity index (χ0v) is 14.9. The summed E-state index contributed by atoms with van der Waals surface area (Å²) in [5.74, 6) is -1.16. The topological polar surface area (TPSA) is 75.6 Å². The second-order valence-electron chi connectivity index (χ2n) is 6.17. The third kappa shape index (κ3) is 4.02. The zero-order valence-electron chi connectivity index (χ0n) is 14.1. The molecule has 6 heteroatoms. The Morgan fingerprint density at radius 3 is 2.84 bits per heavy atom. The first kappa shape index (κ1) is 17.5. The third-order valence-corrected chi connectivity index (χ3v) is 5.72. The molecule has 0 saturated heterocycles. The van der Waals surface area contributed by atoms with Crippen LogP contribution in [0.4, 0.5) is 0 Å². The number of para-hydroxylation sites is 1. The van der Waals surface area contributed by atoms with Gasteiger partial charge in [0.05, 0.1) is 17.9 Å². The van der Waals surface area contributed by atoms with Crippen LogP contribution in [0.3, 0.4) is 0 Å². The highest BCUT2D eigenvalue weighted by molar-refractivity contribution is 7.14. The highest BCUT2D eigenvalue weighted by Crippen LogP contribution is 2.30. The number of fused-ring (bicyclic) bond motifs is 1. The van der Waals surface area contributed by atoms with Crippen LogP contribution in [0.1, 0.15) is 32.1 Å². The molecule has 0 saturated carbocycles. The fraction of sp³-hybridized carbons (Fsp3) is 0.368. The number of amides is 1. The smallest absolute Gasteiger partial charge is 0.308 e. The first-order valence-corrected chi connectivity index (χ1v) is 9.14. The van der Waals surface area contributed by atoms with E-state index in [1.165, 1.54) is 21.8 Å². The van der Waals surface area contributed by atoms with Gasteiger partial charge in [0.2, 0.25) is 0 Å². The van der Waals surface area contributed by atoms with E-state index in [2.05, 4.69) is 5.32 Å². The number of carboxylic acid groups (broad SMARTS) is 1. The Hall–Kier alpha value is -2.34. The number of benzene rings is 1. The van der Waals surface area contributed by atoms with Crippen molar-refractivity contribution < 1.29 is 19.4 Å². The molecular weight excluding hydrogens is 338 g/mol. The van der Waals surface area contributed by atoms with Crippen LogP contribution in [0.15, 0.2) is 30.3 Å². The minimum Gasteiger partial charge on any atom is -0.496 e. The predicted octanol–water partition coefficient (Wildman–Crippen LogP) is 2.92. The summed E-state index contributed by atoms with van der Waals surface area (Å²) in [6, 6.07) is 9.29. The molecular formula is C19H21NO4S. The molecule has 1 aromatic carbocycles. The van der Waals surface area contributed by atoms with E-state index in [0.29, 0.717) is 17.0 Å². The summed E-state index contributed by atoms with van der Waals surface area (Å²) >= 11 is 1.52. The van der Waals surface area contributed by atoms with Gasteiger partial charge in [-0.25, -0.2) is 0 Å². The van der Waals surface area contributed by atoms with Gasteiger partial charge in [0, 0.05) is 11.4 Å². The molecule has 1 aromatic heterocycles. The van der Waals surface area contributed by atoms with Crippen LogP contribution in [0.2, 0.25) is 0 Å². The second kappa shape index (κ2) is 7.70. The minimum atomic E-state index is -0.931. The molecule has 3 rings (SSSR count). The van der Waals surface area contributed by atoms with Gasteiger partial charge in [-0.2, -0.15) is 0 Å². The Balaban J connectivity index is 1.63. The molecule has 25 heavy (non-hydrogen) atoms. The number of thiophene rings is 1. The molecule has 1 aliphatic rings. The summed E-state index contributed by atoms with van der Waals surface area (Å²) in [6.07, 6.45) is 3.53. The normalized spacial score (nSPS) is 14.0. The van der Waals surface area contributed by atoms with Crippen molar-refractivity contribution in [2.24, 2.45) is 5.92 Å². The molecule has 1 heterocycles. The van der Waals surface area contributed by atoms with E-state index in [1.54, 1.807) is 13.2 Å². The highest BCUT2D eigenvalue weighted by atomic mass is 32.1. The molecule has 0 radical (unpaired) electrons. The van der Waals surface area contributed by atoms with E-state index in [4.69, 9.17) is 4.74 Å². The number of nitrogens with one attached hydrogen (secondary N) is 1. The molecule has 1 unspecified atom stereocenters. The number of ether oxygens (including phenoxy) is 1. The molecule has 1 atom stereocenters. The van der Waals surface area contributed by atoms with Gasteiger partial charge in [0.25, 0.3) is 5.91 Å². The Kier molecular flexibility index (Phi) is 5.38. The number of hydrogen-bond donors (Lipinski definition) is 2. The molecule has 2 N–H and O–H groups in total. The lowest BCUT2D eigenvalue weighted by Gasteiger charge is -2.15. The van der Waals surface area contributed by atoms with Crippen LogP contribution < -0.4 is 10.1 Å². The third-order valence-electron chi connectivity index (χ3n) is 4.49. The van der Waals surface area contributed by atoms with Gasteiger partial charge in [0.15, 0.2) is 0 Å². The van der Waals surface area contributed by atoms with Crippen LogP contribution in [0, 0.1) is 5.92 Å². The number of aliphatic carboxylic acids is 1. The Bertz CT molecular complexity index is 762. The molecule has 5 nitrogen and oxygen atoms in total. The van der Waals surface area contributed by atoms with Crippen LogP contribution in [-0.2, 0) is 24.1 Å². The lowest BCUT2D eigenvalue weighted by atomic mass is 9.98. The van der Waals surface area contributed by atoms with E-state index >= 15 is 0 Å². The zero-order chi connectivity index (χ0) is 17.8. The number of rotatable bonds is 7. The van der Waals surface area contributed by atoms with Crippen molar-refractivity contribution in [3.05, 3.63) is 51.2 Å². The Morgan fingerprint density at radius 2 is 2.12 bits per heavy atom. The van der Waals surface area contributed by atoms with E-state index < -0.39 is 11.9 Å². The molecule has 0 fully saturated rings. The van der Waals surface area contributed by atoms with Crippen LogP contribution in [0.5, 0.6) is 5.75 Å². The van der Waals surface area contributed by atoms with Crippen molar-refractivity contribution in [1.82, 2.24) is 5.32 Å². The molecule has 132 valence electrons. The van der Waals surface area contributed by atoms with Gasteiger partial charge in [-0.1, -0.05) is 18.2 Å². The lowest BCUT2D eigenvalue weighted by molar-refractivity contribution is -0.141.